The Bertz CT molecular complexity index is 1480. The van der Waals surface area contributed by atoms with E-state index >= 15 is 0 Å². The zero-order valence-corrected chi connectivity index (χ0v) is 22.1. The van der Waals surface area contributed by atoms with Gasteiger partial charge in [0, 0.05) is 28.9 Å². The second-order valence-corrected chi connectivity index (χ2v) is 10.3. The Balaban J connectivity index is 1.45. The maximum absolute atomic E-state index is 12.9. The predicted octanol–water partition coefficient (Wildman–Crippen LogP) is 7.16. The van der Waals surface area contributed by atoms with Crippen LogP contribution in [0.5, 0.6) is 5.75 Å². The van der Waals surface area contributed by atoms with Crippen LogP contribution in [0.4, 0.5) is 0 Å². The quantitative estimate of drug-likeness (QED) is 0.134. The molecule has 4 aromatic rings. The third-order valence-electron chi connectivity index (χ3n) is 5.68. The molecule has 0 N–H and O–H groups in total. The highest BCUT2D eigenvalue weighted by atomic mass is 35.5. The van der Waals surface area contributed by atoms with Crippen LogP contribution in [-0.2, 0) is 11.4 Å². The minimum Gasteiger partial charge on any atom is -0.489 e. The Labute approximate surface area is 230 Å². The zero-order chi connectivity index (χ0) is 25.8. The molecular weight excluding hydrogens is 522 g/mol. The number of carbonyl (C=O) groups excluding carboxylic acids is 1. The molecule has 0 spiro atoms. The van der Waals surface area contributed by atoms with E-state index in [1.165, 1.54) is 11.8 Å². The van der Waals surface area contributed by atoms with Crippen LogP contribution in [0, 0.1) is 0 Å². The van der Waals surface area contributed by atoms with Crippen molar-refractivity contribution in [2.45, 2.75) is 6.61 Å². The van der Waals surface area contributed by atoms with Gasteiger partial charge in [-0.3, -0.25) is 9.69 Å². The monoisotopic (exact) mass is 543 g/mol. The molecule has 0 saturated carbocycles. The summed E-state index contributed by atoms with van der Waals surface area (Å²) < 4.78 is 8.28. The van der Waals surface area contributed by atoms with E-state index in [1.54, 1.807) is 11.0 Å². The molecule has 1 fully saturated rings. The summed E-state index contributed by atoms with van der Waals surface area (Å²) in [6.07, 6.45) is 5.45. The molecule has 0 unspecified atom stereocenters. The first kappa shape index (κ1) is 25.0. The molecule has 5 rings (SSSR count). The Morgan fingerprint density at radius 1 is 1.03 bits per heavy atom. The molecule has 1 amide bonds. The van der Waals surface area contributed by atoms with Gasteiger partial charge in [-0.15, -0.1) is 6.58 Å². The van der Waals surface area contributed by atoms with Crippen molar-refractivity contribution in [3.05, 3.63) is 119 Å². The minimum atomic E-state index is -0.126. The highest BCUT2D eigenvalue weighted by Crippen LogP contribution is 2.35. The van der Waals surface area contributed by atoms with Crippen molar-refractivity contribution >= 4 is 51.9 Å². The molecule has 1 aromatic heterocycles. The average Bonchev–Trinajstić information content (AvgIpc) is 3.46. The molecular formula is C29H22ClN3O2S2. The second kappa shape index (κ2) is 11.2. The SMILES string of the molecule is C=CCN1C(=O)/C(=C/c2cn(-c3ccccc3)nc2-c2ccc(OCc3ccc(Cl)cc3)cc2)SC1=S. The van der Waals surface area contributed by atoms with Gasteiger partial charge in [-0.2, -0.15) is 5.10 Å². The number of thioether (sulfide) groups is 1. The van der Waals surface area contributed by atoms with Gasteiger partial charge in [0.05, 0.1) is 16.3 Å². The Morgan fingerprint density at radius 3 is 2.46 bits per heavy atom. The first-order chi connectivity index (χ1) is 18.0. The predicted molar refractivity (Wildman–Crippen MR) is 155 cm³/mol. The lowest BCUT2D eigenvalue weighted by Gasteiger charge is -2.10. The van der Waals surface area contributed by atoms with E-state index in [2.05, 4.69) is 6.58 Å². The number of hydrogen-bond donors (Lipinski definition) is 0. The maximum atomic E-state index is 12.9. The van der Waals surface area contributed by atoms with Gasteiger partial charge in [0.25, 0.3) is 5.91 Å². The summed E-state index contributed by atoms with van der Waals surface area (Å²) in [6, 6.07) is 25.2. The molecule has 5 nitrogen and oxygen atoms in total. The number of rotatable bonds is 8. The largest absolute Gasteiger partial charge is 0.489 e. The minimum absolute atomic E-state index is 0.126. The Hall–Kier alpha value is -3.65. The molecule has 1 aliphatic rings. The number of para-hydroxylation sites is 1. The van der Waals surface area contributed by atoms with Crippen molar-refractivity contribution in [3.8, 4) is 22.7 Å². The third kappa shape index (κ3) is 5.69. The molecule has 0 bridgehead atoms. The van der Waals surface area contributed by atoms with Crippen molar-refractivity contribution in [3.63, 3.8) is 0 Å². The molecule has 184 valence electrons. The van der Waals surface area contributed by atoms with Gasteiger partial charge in [-0.25, -0.2) is 4.68 Å². The van der Waals surface area contributed by atoms with Gasteiger partial charge in [-0.05, 0) is 60.2 Å². The van der Waals surface area contributed by atoms with E-state index in [1.807, 2.05) is 95.8 Å². The Kier molecular flexibility index (Phi) is 7.55. The molecule has 0 aliphatic carbocycles. The summed E-state index contributed by atoms with van der Waals surface area (Å²) in [7, 11) is 0. The highest BCUT2D eigenvalue weighted by molar-refractivity contribution is 8.26. The van der Waals surface area contributed by atoms with E-state index in [0.717, 1.165) is 33.8 Å². The number of benzene rings is 3. The van der Waals surface area contributed by atoms with Gasteiger partial charge in [0.2, 0.25) is 0 Å². The smallest absolute Gasteiger partial charge is 0.266 e. The van der Waals surface area contributed by atoms with Crippen molar-refractivity contribution in [1.82, 2.24) is 14.7 Å². The van der Waals surface area contributed by atoms with Gasteiger partial charge in [0.1, 0.15) is 16.7 Å². The lowest BCUT2D eigenvalue weighted by Crippen LogP contribution is -2.27. The first-order valence-corrected chi connectivity index (χ1v) is 13.1. The molecule has 1 aliphatic heterocycles. The standard InChI is InChI=1S/C29H22ClN3O2S2/c1-2-16-32-28(34)26(37-29(32)36)17-22-18-33(24-6-4-3-5-7-24)31-27(22)21-10-14-25(15-11-21)35-19-20-8-12-23(30)13-9-20/h2-15,17-18H,1,16,19H2/b26-17-. The van der Waals surface area contributed by atoms with E-state index in [9.17, 15) is 4.79 Å². The van der Waals surface area contributed by atoms with Gasteiger partial charge in [0.15, 0.2) is 0 Å². The normalized spacial score (nSPS) is 14.4. The van der Waals surface area contributed by atoms with Crippen LogP contribution in [0.2, 0.25) is 5.02 Å². The molecule has 2 heterocycles. The summed E-state index contributed by atoms with van der Waals surface area (Å²) in [4.78, 5) is 15.0. The van der Waals surface area contributed by atoms with Gasteiger partial charge in [-0.1, -0.05) is 72.0 Å². The number of hydrogen-bond acceptors (Lipinski definition) is 5. The first-order valence-electron chi connectivity index (χ1n) is 11.5. The summed E-state index contributed by atoms with van der Waals surface area (Å²) in [6.45, 7) is 4.55. The van der Waals surface area contributed by atoms with Gasteiger partial charge < -0.3 is 4.74 Å². The van der Waals surface area contributed by atoms with Crippen LogP contribution in [-0.4, -0.2) is 31.5 Å². The molecule has 1 saturated heterocycles. The lowest BCUT2D eigenvalue weighted by atomic mass is 10.1. The summed E-state index contributed by atoms with van der Waals surface area (Å²) >= 11 is 12.7. The van der Waals surface area contributed by atoms with Crippen LogP contribution in [0.3, 0.4) is 0 Å². The second-order valence-electron chi connectivity index (χ2n) is 8.23. The van der Waals surface area contributed by atoms with Crippen LogP contribution in [0.1, 0.15) is 11.1 Å². The Morgan fingerprint density at radius 2 is 1.76 bits per heavy atom. The number of aromatic nitrogens is 2. The summed E-state index contributed by atoms with van der Waals surface area (Å²) in [5, 5.41) is 5.56. The summed E-state index contributed by atoms with van der Waals surface area (Å²) in [5.74, 6) is 0.618. The lowest BCUT2D eigenvalue weighted by molar-refractivity contribution is -0.121. The number of halogens is 1. The van der Waals surface area contributed by atoms with Crippen molar-refractivity contribution in [1.29, 1.82) is 0 Å². The summed E-state index contributed by atoms with van der Waals surface area (Å²) in [5.41, 5.74) is 4.43. The van der Waals surface area contributed by atoms with E-state index in [-0.39, 0.29) is 5.91 Å². The number of carbonyl (C=O) groups is 1. The van der Waals surface area contributed by atoms with Gasteiger partial charge >= 0.3 is 0 Å². The fourth-order valence-corrected chi connectivity index (χ4v) is 5.21. The van der Waals surface area contributed by atoms with E-state index < -0.39 is 0 Å². The molecule has 8 heteroatoms. The molecule has 3 aromatic carbocycles. The topological polar surface area (TPSA) is 47.4 Å². The number of nitrogens with zero attached hydrogens (tertiary/aromatic N) is 3. The van der Waals surface area contributed by atoms with Crippen molar-refractivity contribution in [2.75, 3.05) is 6.54 Å². The zero-order valence-electron chi connectivity index (χ0n) is 19.7. The van der Waals surface area contributed by atoms with E-state index in [0.29, 0.717) is 27.4 Å². The maximum Gasteiger partial charge on any atom is 0.266 e. The fourth-order valence-electron chi connectivity index (χ4n) is 3.81. The number of amides is 1. The molecule has 0 atom stereocenters. The van der Waals surface area contributed by atoms with Crippen molar-refractivity contribution in [2.24, 2.45) is 0 Å². The van der Waals surface area contributed by atoms with Crippen LogP contribution < -0.4 is 4.74 Å². The third-order valence-corrected chi connectivity index (χ3v) is 7.31. The molecule has 0 radical (unpaired) electrons. The van der Waals surface area contributed by atoms with Crippen LogP contribution in [0.15, 0.2) is 103 Å². The number of thiocarbonyl (C=S) groups is 1. The van der Waals surface area contributed by atoms with Crippen molar-refractivity contribution < 1.29 is 9.53 Å². The number of ether oxygens (including phenoxy) is 1. The van der Waals surface area contributed by atoms with Crippen LogP contribution in [0.25, 0.3) is 23.0 Å². The fraction of sp³-hybridized carbons (Fsp3) is 0.0690. The van der Waals surface area contributed by atoms with E-state index in [4.69, 9.17) is 33.7 Å². The highest BCUT2D eigenvalue weighted by Gasteiger charge is 2.31. The van der Waals surface area contributed by atoms with Crippen LogP contribution >= 0.6 is 35.6 Å². The average molecular weight is 544 g/mol. The molecule has 37 heavy (non-hydrogen) atoms.